The summed E-state index contributed by atoms with van der Waals surface area (Å²) in [6.45, 7) is 5.31. The highest BCUT2D eigenvalue weighted by Crippen LogP contribution is 2.18. The van der Waals surface area contributed by atoms with Gasteiger partial charge in [0.2, 0.25) is 0 Å². The van der Waals surface area contributed by atoms with Gasteiger partial charge in [-0.05, 0) is 12.8 Å². The van der Waals surface area contributed by atoms with Gasteiger partial charge in [-0.25, -0.2) is 0 Å². The zero-order chi connectivity index (χ0) is 12.8. The number of hydrogen-bond donors (Lipinski definition) is 1. The van der Waals surface area contributed by atoms with Crippen LogP contribution in [0.5, 0.6) is 0 Å². The molecule has 0 radical (unpaired) electrons. The molecule has 1 rings (SSSR count). The van der Waals surface area contributed by atoms with E-state index in [0.717, 1.165) is 12.4 Å². The summed E-state index contributed by atoms with van der Waals surface area (Å²) in [5, 5.41) is 17.2. The van der Waals surface area contributed by atoms with Crippen LogP contribution < -0.4 is 0 Å². The lowest BCUT2D eigenvalue weighted by molar-refractivity contribution is -0.133. The molecule has 1 N–H and O–H groups in total. The van der Waals surface area contributed by atoms with E-state index in [-0.39, 0.29) is 5.75 Å². The van der Waals surface area contributed by atoms with E-state index in [9.17, 15) is 4.79 Å². The summed E-state index contributed by atoms with van der Waals surface area (Å²) in [5.41, 5.74) is 0. The molecule has 0 saturated carbocycles. The van der Waals surface area contributed by atoms with Crippen molar-refractivity contribution in [1.29, 1.82) is 0 Å². The lowest BCUT2D eigenvalue weighted by Crippen LogP contribution is -2.15. The molecule has 1 heterocycles. The lowest BCUT2D eigenvalue weighted by Gasteiger charge is -2.13. The molecular formula is C10H17N3O3S. The first-order chi connectivity index (χ1) is 8.04. The van der Waals surface area contributed by atoms with E-state index in [0.29, 0.717) is 17.7 Å². The third-order valence-electron chi connectivity index (χ3n) is 2.17. The Morgan fingerprint density at radius 2 is 2.29 bits per heavy atom. The van der Waals surface area contributed by atoms with Gasteiger partial charge in [-0.3, -0.25) is 4.79 Å². The van der Waals surface area contributed by atoms with Gasteiger partial charge < -0.3 is 14.4 Å². The molecule has 96 valence electrons. The quantitative estimate of drug-likeness (QED) is 0.737. The number of aromatic nitrogens is 3. The highest BCUT2D eigenvalue weighted by Gasteiger charge is 2.13. The fourth-order valence-corrected chi connectivity index (χ4v) is 2.17. The monoisotopic (exact) mass is 259 g/mol. The number of carboxylic acid groups (broad SMARTS) is 1. The van der Waals surface area contributed by atoms with E-state index >= 15 is 0 Å². The van der Waals surface area contributed by atoms with Crippen LogP contribution in [0.2, 0.25) is 0 Å². The van der Waals surface area contributed by atoms with Crippen LogP contribution in [0.3, 0.4) is 0 Å². The Morgan fingerprint density at radius 1 is 1.59 bits per heavy atom. The Balaban J connectivity index is 2.68. The first kappa shape index (κ1) is 14.0. The highest BCUT2D eigenvalue weighted by atomic mass is 32.2. The molecule has 0 aromatic carbocycles. The maximum atomic E-state index is 10.5. The van der Waals surface area contributed by atoms with Crippen LogP contribution in [0, 0.1) is 12.8 Å². The summed E-state index contributed by atoms with van der Waals surface area (Å²) in [4.78, 5) is 10.5. The van der Waals surface area contributed by atoms with Crippen LogP contribution in [-0.2, 0) is 16.1 Å². The molecule has 6 nitrogen and oxygen atoms in total. The fourth-order valence-electron chi connectivity index (χ4n) is 1.45. The summed E-state index contributed by atoms with van der Waals surface area (Å²) in [6.07, 6.45) is 0. The van der Waals surface area contributed by atoms with Crippen molar-refractivity contribution in [2.24, 2.45) is 5.92 Å². The van der Waals surface area contributed by atoms with Gasteiger partial charge in [-0.1, -0.05) is 18.7 Å². The second-order valence-corrected chi connectivity index (χ2v) is 4.83. The number of rotatable bonds is 7. The molecule has 17 heavy (non-hydrogen) atoms. The molecule has 0 spiro atoms. The Morgan fingerprint density at radius 3 is 2.88 bits per heavy atom. The molecule has 0 amide bonds. The Hall–Kier alpha value is -1.08. The molecule has 1 aromatic rings. The minimum atomic E-state index is -0.854. The summed E-state index contributed by atoms with van der Waals surface area (Å²) >= 11 is 1.19. The van der Waals surface area contributed by atoms with E-state index in [1.54, 1.807) is 7.11 Å². The average molecular weight is 259 g/mol. The van der Waals surface area contributed by atoms with Crippen molar-refractivity contribution >= 4 is 17.7 Å². The van der Waals surface area contributed by atoms with E-state index < -0.39 is 5.97 Å². The molecule has 0 fully saturated rings. The highest BCUT2D eigenvalue weighted by molar-refractivity contribution is 7.99. The lowest BCUT2D eigenvalue weighted by atomic mass is 10.2. The summed E-state index contributed by atoms with van der Waals surface area (Å²) in [5.74, 6) is 0.267. The normalized spacial score (nSPS) is 12.6. The van der Waals surface area contributed by atoms with E-state index in [4.69, 9.17) is 9.84 Å². The average Bonchev–Trinajstić information content (AvgIpc) is 2.58. The second kappa shape index (κ2) is 6.61. The first-order valence-electron chi connectivity index (χ1n) is 5.28. The van der Waals surface area contributed by atoms with Crippen LogP contribution in [-0.4, -0.2) is 45.3 Å². The van der Waals surface area contributed by atoms with Gasteiger partial charge in [0.05, 0.1) is 12.4 Å². The number of thioether (sulfide) groups is 1. The van der Waals surface area contributed by atoms with Gasteiger partial charge in [0.1, 0.15) is 5.82 Å². The zero-order valence-corrected chi connectivity index (χ0v) is 11.0. The van der Waals surface area contributed by atoms with Gasteiger partial charge >= 0.3 is 5.97 Å². The molecule has 0 saturated heterocycles. The minimum absolute atomic E-state index is 0.00318. The zero-order valence-electron chi connectivity index (χ0n) is 10.2. The molecule has 7 heteroatoms. The smallest absolute Gasteiger partial charge is 0.313 e. The molecule has 1 aromatic heterocycles. The summed E-state index contributed by atoms with van der Waals surface area (Å²) in [6, 6.07) is 0. The Bertz CT molecular complexity index is 381. The van der Waals surface area contributed by atoms with Crippen LogP contribution in [0.15, 0.2) is 5.16 Å². The van der Waals surface area contributed by atoms with E-state index in [2.05, 4.69) is 17.1 Å². The summed E-state index contributed by atoms with van der Waals surface area (Å²) in [7, 11) is 1.66. The van der Waals surface area contributed by atoms with Gasteiger partial charge in [0.25, 0.3) is 0 Å². The van der Waals surface area contributed by atoms with Crippen LogP contribution in [0.4, 0.5) is 0 Å². The molecular weight excluding hydrogens is 242 g/mol. The van der Waals surface area contributed by atoms with Crippen molar-refractivity contribution in [2.75, 3.05) is 19.5 Å². The van der Waals surface area contributed by atoms with Crippen LogP contribution in [0.1, 0.15) is 12.7 Å². The summed E-state index contributed by atoms with van der Waals surface area (Å²) < 4.78 is 7.00. The number of hydrogen-bond acceptors (Lipinski definition) is 5. The Kier molecular flexibility index (Phi) is 5.43. The van der Waals surface area contributed by atoms with Crippen molar-refractivity contribution < 1.29 is 14.6 Å². The predicted octanol–water partition coefficient (Wildman–Crippen LogP) is 1.05. The van der Waals surface area contributed by atoms with Crippen molar-refractivity contribution in [1.82, 2.24) is 14.8 Å². The van der Waals surface area contributed by atoms with Crippen molar-refractivity contribution in [3.05, 3.63) is 5.82 Å². The van der Waals surface area contributed by atoms with Gasteiger partial charge in [-0.2, -0.15) is 0 Å². The third kappa shape index (κ3) is 4.35. The van der Waals surface area contributed by atoms with E-state index in [1.807, 2.05) is 11.5 Å². The molecule has 1 unspecified atom stereocenters. The molecule has 0 aliphatic heterocycles. The molecule has 0 aliphatic carbocycles. The fraction of sp³-hybridized carbons (Fsp3) is 0.700. The standard InChI is InChI=1S/C10H17N3O3S/c1-7(5-16-3)4-13-8(2)11-12-10(13)17-6-9(14)15/h7H,4-6H2,1-3H3,(H,14,15). The van der Waals surface area contributed by atoms with Crippen molar-refractivity contribution in [3.63, 3.8) is 0 Å². The van der Waals surface area contributed by atoms with E-state index in [1.165, 1.54) is 11.8 Å². The second-order valence-electron chi connectivity index (χ2n) is 3.88. The third-order valence-corrected chi connectivity index (χ3v) is 3.12. The predicted molar refractivity (Wildman–Crippen MR) is 64.2 cm³/mol. The molecule has 0 bridgehead atoms. The molecule has 0 aliphatic rings. The van der Waals surface area contributed by atoms with Crippen LogP contribution in [0.25, 0.3) is 0 Å². The number of aryl methyl sites for hydroxylation is 1. The SMILES string of the molecule is COCC(C)Cn1c(C)nnc1SCC(=O)O. The van der Waals surface area contributed by atoms with Crippen molar-refractivity contribution in [2.45, 2.75) is 25.5 Å². The van der Waals surface area contributed by atoms with Gasteiger partial charge in [0.15, 0.2) is 5.16 Å². The topological polar surface area (TPSA) is 77.2 Å². The minimum Gasteiger partial charge on any atom is -0.481 e. The first-order valence-corrected chi connectivity index (χ1v) is 6.26. The number of methoxy groups -OCH3 is 1. The number of aliphatic carboxylic acids is 1. The van der Waals surface area contributed by atoms with Crippen LogP contribution >= 0.6 is 11.8 Å². The van der Waals surface area contributed by atoms with Gasteiger partial charge in [-0.15, -0.1) is 10.2 Å². The maximum Gasteiger partial charge on any atom is 0.313 e. The van der Waals surface area contributed by atoms with Gasteiger partial charge in [0, 0.05) is 13.7 Å². The number of carboxylic acids is 1. The number of carbonyl (C=O) groups is 1. The number of nitrogens with zero attached hydrogens (tertiary/aromatic N) is 3. The maximum absolute atomic E-state index is 10.5. The largest absolute Gasteiger partial charge is 0.481 e. The molecule has 1 atom stereocenters. The number of ether oxygens (including phenoxy) is 1. The van der Waals surface area contributed by atoms with Crippen molar-refractivity contribution in [3.8, 4) is 0 Å². The Labute approximate surface area is 104 Å².